The Morgan fingerprint density at radius 3 is 2.19 bits per heavy atom. The first-order valence-corrected chi connectivity index (χ1v) is 10.4. The molecule has 0 saturated carbocycles. The van der Waals surface area contributed by atoms with Crippen molar-refractivity contribution in [3.05, 3.63) is 70.8 Å². The highest BCUT2D eigenvalue weighted by Gasteiger charge is 2.45. The molecule has 31 heavy (non-hydrogen) atoms. The molecule has 3 N–H and O–H groups in total. The van der Waals surface area contributed by atoms with E-state index in [-0.39, 0.29) is 16.7 Å². The van der Waals surface area contributed by atoms with Crippen LogP contribution in [0.15, 0.2) is 54.1 Å². The molecule has 0 spiro atoms. The highest BCUT2D eigenvalue weighted by atomic mass is 16.5. The van der Waals surface area contributed by atoms with Crippen LogP contribution in [0.5, 0.6) is 5.75 Å². The Bertz CT molecular complexity index is 986. The molecule has 1 fully saturated rings. The summed E-state index contributed by atoms with van der Waals surface area (Å²) in [7, 11) is 1.55. The molecule has 6 heteroatoms. The highest BCUT2D eigenvalue weighted by Crippen LogP contribution is 2.40. The average molecular weight is 423 g/mol. The standard InChI is InChI=1S/C25H30N2O4/c1-25(2,3)18-10-6-16(7-11-18)21-20(23(29)24(30)27(21)15-5-14-26)22(28)17-8-12-19(31-4)13-9-17/h6-13,21,28H,5,14-15,26H2,1-4H3/t21-/m1/s1. The van der Waals surface area contributed by atoms with Crippen molar-refractivity contribution in [2.24, 2.45) is 5.73 Å². The van der Waals surface area contributed by atoms with E-state index in [4.69, 9.17) is 10.5 Å². The largest absolute Gasteiger partial charge is 0.507 e. The SMILES string of the molecule is COc1ccc(C(O)=C2C(=O)C(=O)N(CCCN)[C@@H]2c2ccc(C(C)(C)C)cc2)cc1. The van der Waals surface area contributed by atoms with Gasteiger partial charge in [-0.1, -0.05) is 45.0 Å². The summed E-state index contributed by atoms with van der Waals surface area (Å²) in [6, 6.07) is 13.9. The smallest absolute Gasteiger partial charge is 0.295 e. The van der Waals surface area contributed by atoms with Crippen LogP contribution in [0.25, 0.3) is 5.76 Å². The zero-order chi connectivity index (χ0) is 22.8. The molecule has 0 radical (unpaired) electrons. The van der Waals surface area contributed by atoms with E-state index in [0.717, 1.165) is 11.1 Å². The van der Waals surface area contributed by atoms with Crippen molar-refractivity contribution < 1.29 is 19.4 Å². The summed E-state index contributed by atoms with van der Waals surface area (Å²) in [6.45, 7) is 7.11. The van der Waals surface area contributed by atoms with E-state index in [2.05, 4.69) is 20.8 Å². The van der Waals surface area contributed by atoms with Gasteiger partial charge in [-0.3, -0.25) is 9.59 Å². The summed E-state index contributed by atoms with van der Waals surface area (Å²) < 4.78 is 5.16. The number of carbonyl (C=O) groups excluding carboxylic acids is 2. The van der Waals surface area contributed by atoms with Crippen molar-refractivity contribution in [2.45, 2.75) is 38.6 Å². The number of hydrogen-bond acceptors (Lipinski definition) is 5. The molecule has 164 valence electrons. The van der Waals surface area contributed by atoms with Gasteiger partial charge in [0.05, 0.1) is 18.7 Å². The molecule has 6 nitrogen and oxygen atoms in total. The van der Waals surface area contributed by atoms with E-state index in [1.165, 1.54) is 4.90 Å². The van der Waals surface area contributed by atoms with Crippen LogP contribution in [0, 0.1) is 0 Å². The van der Waals surface area contributed by atoms with Gasteiger partial charge in [-0.05, 0) is 53.8 Å². The van der Waals surface area contributed by atoms with Crippen LogP contribution < -0.4 is 10.5 Å². The molecule has 0 aromatic heterocycles. The lowest BCUT2D eigenvalue weighted by Crippen LogP contribution is -2.31. The summed E-state index contributed by atoms with van der Waals surface area (Å²) in [4.78, 5) is 27.3. The van der Waals surface area contributed by atoms with Gasteiger partial charge >= 0.3 is 0 Å². The van der Waals surface area contributed by atoms with Crippen LogP contribution in [-0.2, 0) is 15.0 Å². The number of methoxy groups -OCH3 is 1. The number of hydrogen-bond donors (Lipinski definition) is 2. The quantitative estimate of drug-likeness (QED) is 0.420. The van der Waals surface area contributed by atoms with Crippen molar-refractivity contribution >= 4 is 17.4 Å². The summed E-state index contributed by atoms with van der Waals surface area (Å²) in [5, 5.41) is 11.0. The second kappa shape index (κ2) is 8.94. The number of nitrogens with two attached hydrogens (primary N) is 1. The van der Waals surface area contributed by atoms with Gasteiger partial charge in [-0.15, -0.1) is 0 Å². The molecule has 0 aliphatic carbocycles. The van der Waals surface area contributed by atoms with Crippen molar-refractivity contribution in [3.8, 4) is 5.75 Å². The second-order valence-corrected chi connectivity index (χ2v) is 8.74. The van der Waals surface area contributed by atoms with Crippen LogP contribution in [0.4, 0.5) is 0 Å². The van der Waals surface area contributed by atoms with Gasteiger partial charge in [0.25, 0.3) is 11.7 Å². The van der Waals surface area contributed by atoms with Crippen LogP contribution in [-0.4, -0.2) is 41.9 Å². The molecule has 1 aliphatic heterocycles. The van der Waals surface area contributed by atoms with E-state index < -0.39 is 17.7 Å². The number of rotatable bonds is 6. The first-order chi connectivity index (χ1) is 14.7. The van der Waals surface area contributed by atoms with Gasteiger partial charge in [0.15, 0.2) is 0 Å². The van der Waals surface area contributed by atoms with Crippen LogP contribution >= 0.6 is 0 Å². The summed E-state index contributed by atoms with van der Waals surface area (Å²) in [5.41, 5.74) is 8.10. The fourth-order valence-electron chi connectivity index (χ4n) is 3.79. The second-order valence-electron chi connectivity index (χ2n) is 8.74. The summed E-state index contributed by atoms with van der Waals surface area (Å²) in [5.74, 6) is -0.862. The number of Topliss-reactive ketones (excluding diaryl/α,β-unsaturated/α-hetero) is 1. The third-order valence-electron chi connectivity index (χ3n) is 5.60. The Kier molecular flexibility index (Phi) is 6.51. The first kappa shape index (κ1) is 22.6. The maximum Gasteiger partial charge on any atom is 0.295 e. The number of ketones is 1. The molecule has 1 saturated heterocycles. The molecule has 2 aromatic rings. The number of benzene rings is 2. The lowest BCUT2D eigenvalue weighted by Gasteiger charge is -2.26. The van der Waals surface area contributed by atoms with Gasteiger partial charge in [0.2, 0.25) is 0 Å². The molecule has 2 aromatic carbocycles. The third-order valence-corrected chi connectivity index (χ3v) is 5.60. The lowest BCUT2D eigenvalue weighted by molar-refractivity contribution is -0.139. The fraction of sp³-hybridized carbons (Fsp3) is 0.360. The van der Waals surface area contributed by atoms with E-state index >= 15 is 0 Å². The number of amides is 1. The zero-order valence-electron chi connectivity index (χ0n) is 18.5. The van der Waals surface area contributed by atoms with Crippen molar-refractivity contribution in [1.29, 1.82) is 0 Å². The predicted octanol–water partition coefficient (Wildman–Crippen LogP) is 3.76. The Labute approximate surface area is 183 Å². The van der Waals surface area contributed by atoms with E-state index in [9.17, 15) is 14.7 Å². The monoisotopic (exact) mass is 422 g/mol. The van der Waals surface area contributed by atoms with E-state index in [1.807, 2.05) is 24.3 Å². The molecular formula is C25H30N2O4. The van der Waals surface area contributed by atoms with Crippen LogP contribution in [0.2, 0.25) is 0 Å². The maximum atomic E-state index is 13.0. The zero-order valence-corrected chi connectivity index (χ0v) is 18.5. The first-order valence-electron chi connectivity index (χ1n) is 10.4. The topological polar surface area (TPSA) is 92.9 Å². The van der Waals surface area contributed by atoms with Gasteiger partial charge < -0.3 is 20.5 Å². The lowest BCUT2D eigenvalue weighted by atomic mass is 9.85. The van der Waals surface area contributed by atoms with Crippen molar-refractivity contribution in [2.75, 3.05) is 20.2 Å². The fourth-order valence-corrected chi connectivity index (χ4v) is 3.79. The van der Waals surface area contributed by atoms with Gasteiger partial charge in [-0.2, -0.15) is 0 Å². The average Bonchev–Trinajstić information content (AvgIpc) is 3.01. The van der Waals surface area contributed by atoms with Crippen molar-refractivity contribution in [3.63, 3.8) is 0 Å². The summed E-state index contributed by atoms with van der Waals surface area (Å²) in [6.07, 6.45) is 0.562. The Morgan fingerprint density at radius 2 is 1.68 bits per heavy atom. The molecule has 0 bridgehead atoms. The van der Waals surface area contributed by atoms with E-state index in [1.54, 1.807) is 31.4 Å². The molecule has 1 amide bonds. The van der Waals surface area contributed by atoms with Gasteiger partial charge in [-0.25, -0.2) is 0 Å². The normalized spacial score (nSPS) is 18.5. The number of nitrogens with zero attached hydrogens (tertiary/aromatic N) is 1. The predicted molar refractivity (Wildman–Crippen MR) is 121 cm³/mol. The minimum absolute atomic E-state index is 0.0248. The molecule has 1 heterocycles. The molecule has 0 unspecified atom stereocenters. The van der Waals surface area contributed by atoms with Crippen LogP contribution in [0.3, 0.4) is 0 Å². The number of carbonyl (C=O) groups is 2. The van der Waals surface area contributed by atoms with E-state index in [0.29, 0.717) is 30.8 Å². The summed E-state index contributed by atoms with van der Waals surface area (Å²) >= 11 is 0. The maximum absolute atomic E-state index is 13.0. The molecule has 3 rings (SSSR count). The van der Waals surface area contributed by atoms with Crippen LogP contribution in [0.1, 0.15) is 49.9 Å². The number of ether oxygens (including phenoxy) is 1. The Hall–Kier alpha value is -3.12. The van der Waals surface area contributed by atoms with Crippen molar-refractivity contribution in [1.82, 2.24) is 4.90 Å². The molecule has 1 aliphatic rings. The Morgan fingerprint density at radius 1 is 1.06 bits per heavy atom. The molecular weight excluding hydrogens is 392 g/mol. The number of likely N-dealkylation sites (tertiary alicyclic amines) is 1. The number of aliphatic hydroxyl groups is 1. The number of aliphatic hydroxyl groups excluding tert-OH is 1. The molecule has 1 atom stereocenters. The van der Waals surface area contributed by atoms with Gasteiger partial charge in [0, 0.05) is 12.1 Å². The third kappa shape index (κ3) is 4.49. The Balaban J connectivity index is 2.12. The minimum atomic E-state index is -0.685. The highest BCUT2D eigenvalue weighted by molar-refractivity contribution is 6.46. The minimum Gasteiger partial charge on any atom is -0.507 e. The van der Waals surface area contributed by atoms with Gasteiger partial charge in [0.1, 0.15) is 11.5 Å².